The van der Waals surface area contributed by atoms with E-state index in [0.29, 0.717) is 16.7 Å². The van der Waals surface area contributed by atoms with E-state index in [1.165, 1.54) is 11.8 Å². The summed E-state index contributed by atoms with van der Waals surface area (Å²) in [6, 6.07) is 2.96. The van der Waals surface area contributed by atoms with Crippen LogP contribution in [0.3, 0.4) is 0 Å². The van der Waals surface area contributed by atoms with E-state index in [4.69, 9.17) is 5.11 Å². The van der Waals surface area contributed by atoms with Crippen LogP contribution in [-0.2, 0) is 4.79 Å². The Morgan fingerprint density at radius 3 is 2.94 bits per heavy atom. The highest BCUT2D eigenvalue weighted by molar-refractivity contribution is 7.99. The van der Waals surface area contributed by atoms with E-state index >= 15 is 0 Å². The second-order valence-corrected chi connectivity index (χ2v) is 4.70. The number of carboxylic acids is 1. The Kier molecular flexibility index (Phi) is 2.63. The molecule has 2 N–H and O–H groups in total. The Bertz CT molecular complexity index is 585. The summed E-state index contributed by atoms with van der Waals surface area (Å²) >= 11 is 1.37. The van der Waals surface area contributed by atoms with Gasteiger partial charge in [-0.1, -0.05) is 11.8 Å². The molecular formula is C10H9N5O2S. The quantitative estimate of drug-likeness (QED) is 0.812. The lowest BCUT2D eigenvalue weighted by Crippen LogP contribution is -2.40. The van der Waals surface area contributed by atoms with Gasteiger partial charge in [0.2, 0.25) is 5.16 Å². The van der Waals surface area contributed by atoms with E-state index in [9.17, 15) is 4.79 Å². The van der Waals surface area contributed by atoms with Crippen molar-refractivity contribution >= 4 is 17.7 Å². The van der Waals surface area contributed by atoms with Crippen molar-refractivity contribution in [3.63, 3.8) is 0 Å². The normalized spacial score (nSPS) is 17.9. The van der Waals surface area contributed by atoms with Crippen LogP contribution in [0.2, 0.25) is 0 Å². The SMILES string of the molecule is O=C(O)C1CSc2nnc(-c3ccncc3)n2N1. The predicted molar refractivity (Wildman–Crippen MR) is 64.8 cm³/mol. The number of aromatic nitrogens is 4. The molecule has 1 atom stereocenters. The fourth-order valence-corrected chi connectivity index (χ4v) is 2.54. The molecule has 0 saturated carbocycles. The van der Waals surface area contributed by atoms with Crippen LogP contribution in [0, 0.1) is 0 Å². The van der Waals surface area contributed by atoms with Crippen molar-refractivity contribution in [1.82, 2.24) is 19.9 Å². The molecule has 0 bridgehead atoms. The molecule has 0 spiro atoms. The highest BCUT2D eigenvalue weighted by atomic mass is 32.2. The van der Waals surface area contributed by atoms with Gasteiger partial charge in [0.1, 0.15) is 6.04 Å². The first-order valence-corrected chi connectivity index (χ1v) is 6.22. The maximum Gasteiger partial charge on any atom is 0.328 e. The number of rotatable bonds is 2. The third-order valence-electron chi connectivity index (χ3n) is 2.53. The maximum absolute atomic E-state index is 11.0. The molecule has 18 heavy (non-hydrogen) atoms. The van der Waals surface area contributed by atoms with E-state index in [-0.39, 0.29) is 0 Å². The zero-order chi connectivity index (χ0) is 12.5. The van der Waals surface area contributed by atoms with Gasteiger partial charge in [-0.05, 0) is 12.1 Å². The van der Waals surface area contributed by atoms with Crippen molar-refractivity contribution in [3.05, 3.63) is 24.5 Å². The topological polar surface area (TPSA) is 92.9 Å². The average Bonchev–Trinajstić information content (AvgIpc) is 2.82. The van der Waals surface area contributed by atoms with Gasteiger partial charge in [0, 0.05) is 23.7 Å². The molecule has 3 rings (SSSR count). The first-order valence-electron chi connectivity index (χ1n) is 5.23. The van der Waals surface area contributed by atoms with Crippen LogP contribution >= 0.6 is 11.8 Å². The zero-order valence-corrected chi connectivity index (χ0v) is 9.96. The Labute approximate surface area is 106 Å². The number of nitrogens with one attached hydrogen (secondary N) is 1. The molecule has 1 aliphatic heterocycles. The van der Waals surface area contributed by atoms with Crippen LogP contribution < -0.4 is 5.43 Å². The number of nitrogens with zero attached hydrogens (tertiary/aromatic N) is 4. The second-order valence-electron chi connectivity index (χ2n) is 3.71. The summed E-state index contributed by atoms with van der Waals surface area (Å²) in [6.07, 6.45) is 3.31. The summed E-state index contributed by atoms with van der Waals surface area (Å²) in [6.45, 7) is 0. The van der Waals surface area contributed by atoms with Crippen LogP contribution in [0.5, 0.6) is 0 Å². The molecule has 0 aliphatic carbocycles. The Balaban J connectivity index is 2.00. The molecule has 1 unspecified atom stereocenters. The summed E-state index contributed by atoms with van der Waals surface area (Å²) in [4.78, 5) is 14.9. The minimum atomic E-state index is -0.887. The third kappa shape index (κ3) is 1.80. The largest absolute Gasteiger partial charge is 0.480 e. The molecule has 0 amide bonds. The highest BCUT2D eigenvalue weighted by Crippen LogP contribution is 2.26. The van der Waals surface area contributed by atoms with Crippen molar-refractivity contribution in [2.75, 3.05) is 11.2 Å². The number of aliphatic carboxylic acids is 1. The van der Waals surface area contributed by atoms with Gasteiger partial charge in [0.15, 0.2) is 5.82 Å². The van der Waals surface area contributed by atoms with Crippen LogP contribution in [0.4, 0.5) is 0 Å². The number of hydrogen-bond acceptors (Lipinski definition) is 6. The van der Waals surface area contributed by atoms with Crippen molar-refractivity contribution in [2.45, 2.75) is 11.2 Å². The van der Waals surface area contributed by atoms with Crippen molar-refractivity contribution < 1.29 is 9.90 Å². The van der Waals surface area contributed by atoms with Crippen molar-refractivity contribution in [2.24, 2.45) is 0 Å². The number of carbonyl (C=O) groups is 1. The third-order valence-corrected chi connectivity index (χ3v) is 3.56. The molecule has 0 saturated heterocycles. The van der Waals surface area contributed by atoms with Crippen LogP contribution in [0.1, 0.15) is 0 Å². The first kappa shape index (κ1) is 11.0. The number of fused-ring (bicyclic) bond motifs is 1. The lowest BCUT2D eigenvalue weighted by Gasteiger charge is -2.22. The molecule has 92 valence electrons. The standard InChI is InChI=1S/C10H9N5O2S/c16-9(17)7-5-18-10-13-12-8(15(10)14-7)6-1-3-11-4-2-6/h1-4,7,14H,5H2,(H,16,17). The van der Waals surface area contributed by atoms with E-state index in [1.54, 1.807) is 29.2 Å². The second kappa shape index (κ2) is 4.30. The predicted octanol–water partition coefficient (Wildman–Crippen LogP) is 0.442. The fraction of sp³-hybridized carbons (Fsp3) is 0.200. The minimum Gasteiger partial charge on any atom is -0.480 e. The van der Waals surface area contributed by atoms with Crippen molar-refractivity contribution in [3.8, 4) is 11.4 Å². The summed E-state index contributed by atoms with van der Waals surface area (Å²) in [7, 11) is 0. The molecular weight excluding hydrogens is 254 g/mol. The molecule has 2 aromatic heterocycles. The van der Waals surface area contributed by atoms with E-state index in [1.807, 2.05) is 0 Å². The molecule has 7 nitrogen and oxygen atoms in total. The Morgan fingerprint density at radius 1 is 1.44 bits per heavy atom. The number of pyridine rings is 1. The zero-order valence-electron chi connectivity index (χ0n) is 9.15. The van der Waals surface area contributed by atoms with E-state index < -0.39 is 12.0 Å². The van der Waals surface area contributed by atoms with Crippen LogP contribution in [0.25, 0.3) is 11.4 Å². The monoisotopic (exact) mass is 263 g/mol. The summed E-state index contributed by atoms with van der Waals surface area (Å²) in [5.74, 6) is 0.137. The molecule has 0 aromatic carbocycles. The molecule has 2 aromatic rings. The molecule has 0 fully saturated rings. The van der Waals surface area contributed by atoms with Gasteiger partial charge in [0.25, 0.3) is 0 Å². The molecule has 8 heteroatoms. The smallest absolute Gasteiger partial charge is 0.328 e. The lowest BCUT2D eigenvalue weighted by atomic mass is 10.2. The molecule has 0 radical (unpaired) electrons. The van der Waals surface area contributed by atoms with Gasteiger partial charge in [-0.25, -0.2) is 9.47 Å². The first-order chi connectivity index (χ1) is 8.75. The van der Waals surface area contributed by atoms with Gasteiger partial charge >= 0.3 is 5.97 Å². The van der Waals surface area contributed by atoms with Gasteiger partial charge in [-0.2, -0.15) is 0 Å². The molecule has 3 heterocycles. The van der Waals surface area contributed by atoms with Crippen molar-refractivity contribution in [1.29, 1.82) is 0 Å². The van der Waals surface area contributed by atoms with Gasteiger partial charge in [-0.15, -0.1) is 10.2 Å². The fourth-order valence-electron chi connectivity index (χ4n) is 1.65. The summed E-state index contributed by atoms with van der Waals surface area (Å²) < 4.78 is 1.61. The lowest BCUT2D eigenvalue weighted by molar-refractivity contribution is -0.137. The Morgan fingerprint density at radius 2 is 2.22 bits per heavy atom. The van der Waals surface area contributed by atoms with Crippen LogP contribution in [0.15, 0.2) is 29.7 Å². The maximum atomic E-state index is 11.0. The number of thioether (sulfide) groups is 1. The van der Waals surface area contributed by atoms with E-state index in [0.717, 1.165) is 5.56 Å². The average molecular weight is 263 g/mol. The number of hydrogen-bond donors (Lipinski definition) is 2. The van der Waals surface area contributed by atoms with Crippen LogP contribution in [-0.4, -0.2) is 42.7 Å². The number of carboxylic acid groups (broad SMARTS) is 1. The van der Waals surface area contributed by atoms with Gasteiger partial charge in [-0.3, -0.25) is 4.98 Å². The van der Waals surface area contributed by atoms with Gasteiger partial charge in [0.05, 0.1) is 0 Å². The van der Waals surface area contributed by atoms with E-state index in [2.05, 4.69) is 20.6 Å². The Hall–Kier alpha value is -2.09. The summed E-state index contributed by atoms with van der Waals surface area (Å²) in [5.41, 5.74) is 3.73. The van der Waals surface area contributed by atoms with Gasteiger partial charge < -0.3 is 10.5 Å². The minimum absolute atomic E-state index is 0.434. The summed E-state index contributed by atoms with van der Waals surface area (Å²) in [5, 5.41) is 17.8. The molecule has 1 aliphatic rings. The highest BCUT2D eigenvalue weighted by Gasteiger charge is 2.27.